The highest BCUT2D eigenvalue weighted by atomic mass is 127. The van der Waals surface area contributed by atoms with Crippen molar-refractivity contribution >= 4 is 29.9 Å². The fraction of sp³-hybridized carbons (Fsp3) is 0.412. The molecule has 0 aliphatic heterocycles. The van der Waals surface area contributed by atoms with Crippen molar-refractivity contribution in [2.24, 2.45) is 4.99 Å². The van der Waals surface area contributed by atoms with E-state index in [4.69, 9.17) is 0 Å². The number of halogens is 1. The third kappa shape index (κ3) is 6.21. The Hall–Kier alpha value is -1.57. The summed E-state index contributed by atoms with van der Waals surface area (Å²) in [7, 11) is 0. The van der Waals surface area contributed by atoms with Crippen LogP contribution in [0.3, 0.4) is 0 Å². The molecule has 2 rings (SSSR count). The van der Waals surface area contributed by atoms with Crippen molar-refractivity contribution in [3.63, 3.8) is 0 Å². The summed E-state index contributed by atoms with van der Waals surface area (Å²) in [6.07, 6.45) is 4.79. The molecule has 0 saturated heterocycles. The lowest BCUT2D eigenvalue weighted by Gasteiger charge is -2.16. The van der Waals surface area contributed by atoms with E-state index in [1.165, 1.54) is 5.56 Å². The Balaban J connectivity index is 0.00000264. The van der Waals surface area contributed by atoms with E-state index in [9.17, 15) is 0 Å². The molecule has 1 atom stereocenters. The summed E-state index contributed by atoms with van der Waals surface area (Å²) in [5.74, 6) is 0.869. The third-order valence-corrected chi connectivity index (χ3v) is 3.46. The van der Waals surface area contributed by atoms with E-state index in [0.717, 1.165) is 24.6 Å². The van der Waals surface area contributed by atoms with E-state index >= 15 is 0 Å². The van der Waals surface area contributed by atoms with Crippen molar-refractivity contribution in [3.05, 3.63) is 48.3 Å². The predicted molar refractivity (Wildman–Crippen MR) is 107 cm³/mol. The van der Waals surface area contributed by atoms with Crippen LogP contribution < -0.4 is 10.6 Å². The summed E-state index contributed by atoms with van der Waals surface area (Å²) in [5, 5.41) is 10.9. The smallest absolute Gasteiger partial charge is 0.191 e. The van der Waals surface area contributed by atoms with E-state index in [1.54, 1.807) is 6.20 Å². The molecule has 0 fully saturated rings. The van der Waals surface area contributed by atoms with Crippen LogP contribution in [0.15, 0.2) is 47.7 Å². The highest BCUT2D eigenvalue weighted by Gasteiger charge is 2.02. The summed E-state index contributed by atoms with van der Waals surface area (Å²) < 4.78 is 1.85. The Morgan fingerprint density at radius 2 is 2.00 bits per heavy atom. The topological polar surface area (TPSA) is 54.2 Å². The minimum Gasteiger partial charge on any atom is -0.357 e. The van der Waals surface area contributed by atoms with Crippen LogP contribution in [0.2, 0.25) is 0 Å². The van der Waals surface area contributed by atoms with Gasteiger partial charge in [0.15, 0.2) is 5.96 Å². The number of hydrogen-bond acceptors (Lipinski definition) is 2. The highest BCUT2D eigenvalue weighted by molar-refractivity contribution is 14.0. The molecule has 1 unspecified atom stereocenters. The standard InChI is InChI=1S/C17H25N5.HI/c1-4-14(3)21-17(18-5-2)19-13-15-7-9-16(10-8-15)22-12-6-11-20-22;/h6-12,14H,4-5,13H2,1-3H3,(H2,18,19,21);1H. The third-order valence-electron chi connectivity index (χ3n) is 3.46. The molecule has 5 nitrogen and oxygen atoms in total. The Morgan fingerprint density at radius 1 is 1.26 bits per heavy atom. The Kier molecular flexibility index (Phi) is 8.68. The monoisotopic (exact) mass is 427 g/mol. The lowest BCUT2D eigenvalue weighted by atomic mass is 10.2. The van der Waals surface area contributed by atoms with Gasteiger partial charge in [-0.05, 0) is 44.0 Å². The number of aliphatic imine (C=N–C) groups is 1. The van der Waals surface area contributed by atoms with Gasteiger partial charge in [-0.25, -0.2) is 9.67 Å². The maximum absolute atomic E-state index is 4.64. The zero-order chi connectivity index (χ0) is 15.8. The lowest BCUT2D eigenvalue weighted by Crippen LogP contribution is -2.41. The van der Waals surface area contributed by atoms with Gasteiger partial charge in [-0.1, -0.05) is 19.1 Å². The first-order chi connectivity index (χ1) is 10.7. The van der Waals surface area contributed by atoms with Crippen LogP contribution in [0.25, 0.3) is 5.69 Å². The molecule has 0 aliphatic carbocycles. The van der Waals surface area contributed by atoms with E-state index in [2.05, 4.69) is 65.8 Å². The van der Waals surface area contributed by atoms with Gasteiger partial charge in [-0.2, -0.15) is 5.10 Å². The van der Waals surface area contributed by atoms with Crippen molar-refractivity contribution in [1.82, 2.24) is 20.4 Å². The first kappa shape index (κ1) is 19.5. The summed E-state index contributed by atoms with van der Waals surface area (Å²) in [6.45, 7) is 7.92. The van der Waals surface area contributed by atoms with Gasteiger partial charge in [0.05, 0.1) is 12.2 Å². The van der Waals surface area contributed by atoms with Gasteiger partial charge in [0.1, 0.15) is 0 Å². The van der Waals surface area contributed by atoms with Gasteiger partial charge in [0.2, 0.25) is 0 Å². The van der Waals surface area contributed by atoms with E-state index in [0.29, 0.717) is 12.6 Å². The van der Waals surface area contributed by atoms with Gasteiger partial charge < -0.3 is 10.6 Å². The molecular weight excluding hydrogens is 401 g/mol. The summed E-state index contributed by atoms with van der Waals surface area (Å²) in [6, 6.07) is 10.6. The maximum atomic E-state index is 4.64. The lowest BCUT2D eigenvalue weighted by molar-refractivity contribution is 0.624. The number of nitrogens with zero attached hydrogens (tertiary/aromatic N) is 3. The fourth-order valence-corrected chi connectivity index (χ4v) is 2.00. The molecule has 2 aromatic rings. The van der Waals surface area contributed by atoms with Gasteiger partial charge in [-0.3, -0.25) is 0 Å². The van der Waals surface area contributed by atoms with Gasteiger partial charge >= 0.3 is 0 Å². The van der Waals surface area contributed by atoms with Crippen molar-refractivity contribution in [1.29, 1.82) is 0 Å². The molecule has 1 heterocycles. The minimum atomic E-state index is 0. The molecule has 2 N–H and O–H groups in total. The molecule has 23 heavy (non-hydrogen) atoms. The van der Waals surface area contributed by atoms with Crippen LogP contribution in [-0.4, -0.2) is 28.3 Å². The number of aromatic nitrogens is 2. The van der Waals surface area contributed by atoms with Gasteiger partial charge in [0, 0.05) is 25.0 Å². The van der Waals surface area contributed by atoms with Crippen molar-refractivity contribution in [3.8, 4) is 5.69 Å². The summed E-state index contributed by atoms with van der Waals surface area (Å²) in [4.78, 5) is 4.64. The summed E-state index contributed by atoms with van der Waals surface area (Å²) in [5.41, 5.74) is 2.24. The molecule has 0 radical (unpaired) electrons. The number of nitrogens with one attached hydrogen (secondary N) is 2. The first-order valence-electron chi connectivity index (χ1n) is 7.86. The first-order valence-corrected chi connectivity index (χ1v) is 7.86. The van der Waals surface area contributed by atoms with Crippen LogP contribution in [0.1, 0.15) is 32.8 Å². The highest BCUT2D eigenvalue weighted by Crippen LogP contribution is 2.09. The number of benzene rings is 1. The van der Waals surface area contributed by atoms with Crippen molar-refractivity contribution < 1.29 is 0 Å². The maximum Gasteiger partial charge on any atom is 0.191 e. The van der Waals surface area contributed by atoms with Gasteiger partial charge in [-0.15, -0.1) is 24.0 Å². The molecule has 126 valence electrons. The zero-order valence-electron chi connectivity index (χ0n) is 14.0. The van der Waals surface area contributed by atoms with Crippen LogP contribution in [0.5, 0.6) is 0 Å². The average molecular weight is 427 g/mol. The second-order valence-corrected chi connectivity index (χ2v) is 5.27. The number of hydrogen-bond donors (Lipinski definition) is 2. The molecule has 0 spiro atoms. The molecule has 6 heteroatoms. The second-order valence-electron chi connectivity index (χ2n) is 5.27. The molecule has 1 aromatic heterocycles. The molecule has 0 bridgehead atoms. The molecule has 0 amide bonds. The number of guanidine groups is 1. The Labute approximate surface area is 155 Å². The molecular formula is C17H26IN5. The largest absolute Gasteiger partial charge is 0.357 e. The van der Waals surface area contributed by atoms with E-state index in [1.807, 2.05) is 16.9 Å². The Bertz CT molecular complexity index is 578. The van der Waals surface area contributed by atoms with E-state index < -0.39 is 0 Å². The minimum absolute atomic E-state index is 0. The van der Waals surface area contributed by atoms with E-state index in [-0.39, 0.29) is 24.0 Å². The van der Waals surface area contributed by atoms with Crippen LogP contribution in [-0.2, 0) is 6.54 Å². The number of rotatable bonds is 6. The quantitative estimate of drug-likeness (QED) is 0.423. The van der Waals surface area contributed by atoms with Crippen LogP contribution in [0, 0.1) is 0 Å². The Morgan fingerprint density at radius 3 is 2.57 bits per heavy atom. The summed E-state index contributed by atoms with van der Waals surface area (Å²) >= 11 is 0. The molecule has 0 saturated carbocycles. The normalized spacial score (nSPS) is 12.4. The van der Waals surface area contributed by atoms with Crippen molar-refractivity contribution in [2.45, 2.75) is 39.8 Å². The van der Waals surface area contributed by atoms with Crippen molar-refractivity contribution in [2.75, 3.05) is 6.54 Å². The van der Waals surface area contributed by atoms with Gasteiger partial charge in [0.25, 0.3) is 0 Å². The van der Waals surface area contributed by atoms with Crippen LogP contribution in [0.4, 0.5) is 0 Å². The fourth-order valence-electron chi connectivity index (χ4n) is 2.00. The predicted octanol–water partition coefficient (Wildman–Crippen LogP) is 3.34. The molecule has 1 aromatic carbocycles. The zero-order valence-corrected chi connectivity index (χ0v) is 16.3. The molecule has 0 aliphatic rings. The SMILES string of the molecule is CCNC(=NCc1ccc(-n2cccn2)cc1)NC(C)CC.I. The average Bonchev–Trinajstić information content (AvgIpc) is 3.07. The van der Waals surface area contributed by atoms with Crippen LogP contribution >= 0.6 is 24.0 Å². The second kappa shape index (κ2) is 10.3.